The predicted octanol–water partition coefficient (Wildman–Crippen LogP) is 3.73. The van der Waals surface area contributed by atoms with Crippen LogP contribution in [0.4, 0.5) is 0 Å². The molecule has 0 bridgehead atoms. The Morgan fingerprint density at radius 2 is 1.71 bits per heavy atom. The Hall–Kier alpha value is -1.85. The SMILES string of the molecule is Cl.Cl.NC(CO)Cc1ccc(Oc2ccnc3ccccc23)cc1. The van der Waals surface area contributed by atoms with Crippen LogP contribution in [-0.4, -0.2) is 22.7 Å². The number of benzene rings is 2. The number of pyridine rings is 1. The molecule has 2 aromatic carbocycles. The highest BCUT2D eigenvalue weighted by Gasteiger charge is 2.05. The molecule has 0 aliphatic carbocycles. The van der Waals surface area contributed by atoms with Gasteiger partial charge in [-0.3, -0.25) is 4.98 Å². The molecule has 1 atom stereocenters. The Kier molecular flexibility index (Phi) is 7.95. The van der Waals surface area contributed by atoms with Gasteiger partial charge in [0.2, 0.25) is 0 Å². The normalized spacial score (nSPS) is 11.2. The van der Waals surface area contributed by atoms with Crippen LogP contribution < -0.4 is 10.5 Å². The summed E-state index contributed by atoms with van der Waals surface area (Å²) < 4.78 is 5.96. The van der Waals surface area contributed by atoms with Gasteiger partial charge in [-0.15, -0.1) is 24.8 Å². The maximum atomic E-state index is 8.99. The second-order valence-electron chi connectivity index (χ2n) is 5.22. The molecule has 3 aromatic rings. The molecule has 3 N–H and O–H groups in total. The van der Waals surface area contributed by atoms with Gasteiger partial charge < -0.3 is 15.6 Å². The van der Waals surface area contributed by atoms with E-state index in [1.165, 1.54) is 0 Å². The van der Waals surface area contributed by atoms with Crippen molar-refractivity contribution in [3.63, 3.8) is 0 Å². The fourth-order valence-corrected chi connectivity index (χ4v) is 2.35. The summed E-state index contributed by atoms with van der Waals surface area (Å²) in [4.78, 5) is 4.32. The van der Waals surface area contributed by atoms with Crippen LogP contribution in [0, 0.1) is 0 Å². The van der Waals surface area contributed by atoms with Gasteiger partial charge in [-0.25, -0.2) is 0 Å². The van der Waals surface area contributed by atoms with Crippen LogP contribution in [0.1, 0.15) is 5.56 Å². The lowest BCUT2D eigenvalue weighted by molar-refractivity contribution is 0.265. The van der Waals surface area contributed by atoms with Gasteiger partial charge in [-0.05, 0) is 42.3 Å². The van der Waals surface area contributed by atoms with Crippen LogP contribution >= 0.6 is 24.8 Å². The van der Waals surface area contributed by atoms with E-state index in [1.54, 1.807) is 6.20 Å². The molecule has 0 aliphatic heterocycles. The third-order valence-electron chi connectivity index (χ3n) is 3.49. The highest BCUT2D eigenvalue weighted by atomic mass is 35.5. The van der Waals surface area contributed by atoms with E-state index >= 15 is 0 Å². The Morgan fingerprint density at radius 3 is 2.42 bits per heavy atom. The first-order valence-electron chi connectivity index (χ1n) is 7.23. The highest BCUT2D eigenvalue weighted by molar-refractivity contribution is 5.86. The third-order valence-corrected chi connectivity index (χ3v) is 3.49. The van der Waals surface area contributed by atoms with Crippen LogP contribution in [-0.2, 0) is 6.42 Å². The quantitative estimate of drug-likeness (QED) is 0.721. The summed E-state index contributed by atoms with van der Waals surface area (Å²) in [5.41, 5.74) is 7.73. The molecule has 0 radical (unpaired) electrons. The standard InChI is InChI=1S/C18H18N2O2.2ClH/c19-14(12-21)11-13-5-7-15(8-6-13)22-18-9-10-20-17-4-2-1-3-16(17)18;;/h1-10,14,21H,11-12,19H2;2*1H. The van der Waals surface area contributed by atoms with Crippen molar-refractivity contribution in [2.75, 3.05) is 6.61 Å². The first-order chi connectivity index (χ1) is 10.8. The van der Waals surface area contributed by atoms with Gasteiger partial charge >= 0.3 is 0 Å². The number of hydrogen-bond acceptors (Lipinski definition) is 4. The molecule has 0 spiro atoms. The van der Waals surface area contributed by atoms with Crippen LogP contribution in [0.3, 0.4) is 0 Å². The molecule has 4 nitrogen and oxygen atoms in total. The zero-order valence-corrected chi connectivity index (χ0v) is 14.6. The number of nitrogens with two attached hydrogens (primary N) is 1. The fourth-order valence-electron chi connectivity index (χ4n) is 2.35. The molecule has 6 heteroatoms. The van der Waals surface area contributed by atoms with Crippen LogP contribution in [0.25, 0.3) is 10.9 Å². The largest absolute Gasteiger partial charge is 0.457 e. The molecular formula is C18H20Cl2N2O2. The topological polar surface area (TPSA) is 68.4 Å². The van der Waals surface area contributed by atoms with E-state index in [1.807, 2.05) is 54.6 Å². The van der Waals surface area contributed by atoms with E-state index in [9.17, 15) is 0 Å². The molecule has 128 valence electrons. The van der Waals surface area contributed by atoms with E-state index in [4.69, 9.17) is 15.6 Å². The Labute approximate surface area is 153 Å². The first kappa shape index (κ1) is 20.2. The predicted molar refractivity (Wildman–Crippen MR) is 102 cm³/mol. The number of aliphatic hydroxyl groups is 1. The minimum absolute atomic E-state index is 0. The molecular weight excluding hydrogens is 347 g/mol. The van der Waals surface area contributed by atoms with Gasteiger partial charge in [-0.2, -0.15) is 0 Å². The first-order valence-corrected chi connectivity index (χ1v) is 7.23. The summed E-state index contributed by atoms with van der Waals surface area (Å²) in [6.45, 7) is -0.0126. The number of rotatable bonds is 5. The number of aromatic nitrogens is 1. The highest BCUT2D eigenvalue weighted by Crippen LogP contribution is 2.28. The lowest BCUT2D eigenvalue weighted by Crippen LogP contribution is -2.26. The second kappa shape index (κ2) is 9.45. The third kappa shape index (κ3) is 4.82. The summed E-state index contributed by atoms with van der Waals surface area (Å²) in [6, 6.07) is 17.3. The lowest BCUT2D eigenvalue weighted by atomic mass is 10.1. The average Bonchev–Trinajstić information content (AvgIpc) is 2.57. The van der Waals surface area contributed by atoms with Crippen LogP contribution in [0.5, 0.6) is 11.5 Å². The van der Waals surface area contributed by atoms with E-state index < -0.39 is 0 Å². The van der Waals surface area contributed by atoms with E-state index in [0.717, 1.165) is 28.0 Å². The van der Waals surface area contributed by atoms with E-state index in [-0.39, 0.29) is 37.5 Å². The van der Waals surface area contributed by atoms with Crippen LogP contribution in [0.15, 0.2) is 60.8 Å². The minimum atomic E-state index is -0.226. The summed E-state index contributed by atoms with van der Waals surface area (Å²) in [7, 11) is 0. The molecule has 1 heterocycles. The molecule has 0 amide bonds. The number of ether oxygens (including phenoxy) is 1. The maximum absolute atomic E-state index is 8.99. The van der Waals surface area contributed by atoms with Crippen molar-refractivity contribution < 1.29 is 9.84 Å². The van der Waals surface area contributed by atoms with Crippen molar-refractivity contribution in [1.82, 2.24) is 4.98 Å². The molecule has 0 saturated carbocycles. The molecule has 3 rings (SSSR count). The Balaban J connectivity index is 0.00000144. The summed E-state index contributed by atoms with van der Waals surface area (Å²) in [5.74, 6) is 1.54. The lowest BCUT2D eigenvalue weighted by Gasteiger charge is -2.10. The maximum Gasteiger partial charge on any atom is 0.138 e. The van der Waals surface area contributed by atoms with Gasteiger partial charge in [0, 0.05) is 17.6 Å². The Bertz CT molecular complexity index is 761. The number of aliphatic hydroxyl groups excluding tert-OH is 1. The van der Waals surface area contributed by atoms with E-state index in [2.05, 4.69) is 4.98 Å². The van der Waals surface area contributed by atoms with Crippen molar-refractivity contribution in [3.05, 3.63) is 66.4 Å². The molecule has 1 aromatic heterocycles. The van der Waals surface area contributed by atoms with Gasteiger partial charge in [0.1, 0.15) is 11.5 Å². The minimum Gasteiger partial charge on any atom is -0.457 e. The molecule has 24 heavy (non-hydrogen) atoms. The number of para-hydroxylation sites is 1. The van der Waals surface area contributed by atoms with E-state index in [0.29, 0.717) is 6.42 Å². The van der Waals surface area contributed by atoms with Crippen LogP contribution in [0.2, 0.25) is 0 Å². The summed E-state index contributed by atoms with van der Waals surface area (Å²) in [5, 5.41) is 9.97. The number of nitrogens with zero attached hydrogens (tertiary/aromatic N) is 1. The summed E-state index contributed by atoms with van der Waals surface area (Å²) in [6.07, 6.45) is 2.39. The molecule has 1 unspecified atom stereocenters. The molecule has 0 fully saturated rings. The fraction of sp³-hybridized carbons (Fsp3) is 0.167. The van der Waals surface area contributed by atoms with Crippen molar-refractivity contribution in [1.29, 1.82) is 0 Å². The second-order valence-corrected chi connectivity index (χ2v) is 5.22. The molecule has 0 aliphatic rings. The van der Waals surface area contributed by atoms with Gasteiger partial charge in [0.15, 0.2) is 0 Å². The number of hydrogen-bond donors (Lipinski definition) is 2. The van der Waals surface area contributed by atoms with Gasteiger partial charge in [0.25, 0.3) is 0 Å². The molecule has 0 saturated heterocycles. The zero-order chi connectivity index (χ0) is 15.4. The Morgan fingerprint density at radius 1 is 1.00 bits per heavy atom. The smallest absolute Gasteiger partial charge is 0.138 e. The van der Waals surface area contributed by atoms with Gasteiger partial charge in [-0.1, -0.05) is 24.3 Å². The average molecular weight is 367 g/mol. The van der Waals surface area contributed by atoms with Crippen molar-refractivity contribution in [2.45, 2.75) is 12.5 Å². The number of fused-ring (bicyclic) bond motifs is 1. The van der Waals surface area contributed by atoms with Crippen molar-refractivity contribution >= 4 is 35.7 Å². The zero-order valence-electron chi connectivity index (χ0n) is 13.0. The van der Waals surface area contributed by atoms with Crippen molar-refractivity contribution in [3.8, 4) is 11.5 Å². The number of halogens is 2. The monoisotopic (exact) mass is 366 g/mol. The van der Waals surface area contributed by atoms with Gasteiger partial charge in [0.05, 0.1) is 12.1 Å². The summed E-state index contributed by atoms with van der Waals surface area (Å²) >= 11 is 0. The van der Waals surface area contributed by atoms with Crippen molar-refractivity contribution in [2.24, 2.45) is 5.73 Å².